The Hall–Kier alpha value is -2.01. The number of aryl methyl sites for hydroxylation is 1. The Morgan fingerprint density at radius 2 is 2.05 bits per heavy atom. The van der Waals surface area contributed by atoms with Gasteiger partial charge in [0, 0.05) is 11.6 Å². The summed E-state index contributed by atoms with van der Waals surface area (Å²) in [7, 11) is 1.70. The van der Waals surface area contributed by atoms with Crippen molar-refractivity contribution >= 4 is 5.82 Å². The van der Waals surface area contributed by atoms with E-state index < -0.39 is 0 Å². The Kier molecular flexibility index (Phi) is 5.44. The number of benzene rings is 1. The van der Waals surface area contributed by atoms with E-state index in [0.29, 0.717) is 6.54 Å². The number of aliphatic hydroxyl groups is 1. The molecule has 0 aliphatic heterocycles. The fourth-order valence-electron chi connectivity index (χ4n) is 2.60. The van der Waals surface area contributed by atoms with Crippen molar-refractivity contribution in [3.05, 3.63) is 41.1 Å². The van der Waals surface area contributed by atoms with Crippen molar-refractivity contribution in [1.29, 1.82) is 0 Å². The number of rotatable bonds is 7. The topological polar surface area (TPSA) is 59.3 Å². The molecule has 0 saturated carbocycles. The summed E-state index contributed by atoms with van der Waals surface area (Å²) >= 11 is 0. The molecule has 0 saturated heterocycles. The van der Waals surface area contributed by atoms with Gasteiger partial charge in [-0.05, 0) is 38.8 Å². The van der Waals surface area contributed by atoms with E-state index in [0.717, 1.165) is 29.2 Å². The maximum absolute atomic E-state index is 9.18. The van der Waals surface area contributed by atoms with E-state index in [1.54, 1.807) is 7.11 Å². The van der Waals surface area contributed by atoms with Crippen molar-refractivity contribution in [1.82, 2.24) is 9.78 Å². The van der Waals surface area contributed by atoms with Gasteiger partial charge in [-0.3, -0.25) is 0 Å². The van der Waals surface area contributed by atoms with Crippen LogP contribution >= 0.6 is 0 Å². The first kappa shape index (κ1) is 16.4. The van der Waals surface area contributed by atoms with Crippen molar-refractivity contribution in [2.45, 2.75) is 39.8 Å². The summed E-state index contributed by atoms with van der Waals surface area (Å²) in [6.07, 6.45) is 0.854. The molecule has 0 spiro atoms. The number of ether oxygens (including phenoxy) is 1. The average Bonchev–Trinajstić information content (AvgIpc) is 2.76. The molecule has 0 aliphatic rings. The highest BCUT2D eigenvalue weighted by Gasteiger charge is 2.15. The number of aliphatic hydroxyl groups excluding tert-OH is 1. The molecule has 1 aromatic carbocycles. The lowest BCUT2D eigenvalue weighted by molar-refractivity contribution is 0.270. The smallest absolute Gasteiger partial charge is 0.127 e. The van der Waals surface area contributed by atoms with E-state index in [1.165, 1.54) is 5.56 Å². The summed E-state index contributed by atoms with van der Waals surface area (Å²) in [5, 5.41) is 17.2. The fourth-order valence-corrected chi connectivity index (χ4v) is 2.60. The van der Waals surface area contributed by atoms with Crippen molar-refractivity contribution in [3.63, 3.8) is 0 Å². The normalized spacial score (nSPS) is 12.2. The van der Waals surface area contributed by atoms with Crippen LogP contribution in [0.1, 0.15) is 23.7 Å². The molecule has 2 rings (SSSR count). The molecule has 2 N–H and O–H groups in total. The molecule has 5 heteroatoms. The van der Waals surface area contributed by atoms with Gasteiger partial charge in [0.15, 0.2) is 0 Å². The van der Waals surface area contributed by atoms with Gasteiger partial charge < -0.3 is 15.2 Å². The summed E-state index contributed by atoms with van der Waals surface area (Å²) < 4.78 is 7.24. The van der Waals surface area contributed by atoms with Gasteiger partial charge in [-0.2, -0.15) is 5.10 Å². The minimum atomic E-state index is 0.0795. The Balaban J connectivity index is 2.13. The van der Waals surface area contributed by atoms with Crippen LogP contribution in [-0.2, 0) is 13.0 Å². The second-order valence-electron chi connectivity index (χ2n) is 5.57. The van der Waals surface area contributed by atoms with E-state index in [9.17, 15) is 5.11 Å². The zero-order valence-electron chi connectivity index (χ0n) is 13.8. The first-order chi connectivity index (χ1) is 10.6. The number of aromatic nitrogens is 2. The maximum atomic E-state index is 9.18. The summed E-state index contributed by atoms with van der Waals surface area (Å²) in [6.45, 7) is 6.75. The Morgan fingerprint density at radius 3 is 2.73 bits per heavy atom. The van der Waals surface area contributed by atoms with E-state index in [1.807, 2.05) is 36.7 Å². The molecule has 2 aromatic rings. The lowest BCUT2D eigenvalue weighted by Crippen LogP contribution is -2.22. The standard InChI is InChI=1S/C17H25N3O2/c1-12(11-15-7-5-6-8-16(15)22-4)18-17-13(2)14(3)19-20(17)9-10-21/h5-8,12,18,21H,9-11H2,1-4H3. The third-order valence-electron chi connectivity index (χ3n) is 3.84. The number of para-hydroxylation sites is 1. The molecule has 1 unspecified atom stereocenters. The van der Waals surface area contributed by atoms with Crippen molar-refractivity contribution in [3.8, 4) is 5.75 Å². The number of nitrogens with zero attached hydrogens (tertiary/aromatic N) is 2. The minimum Gasteiger partial charge on any atom is -0.496 e. The first-order valence-corrected chi connectivity index (χ1v) is 7.60. The summed E-state index contributed by atoms with van der Waals surface area (Å²) in [4.78, 5) is 0. The van der Waals surface area contributed by atoms with Crippen LogP contribution < -0.4 is 10.1 Å². The molecule has 22 heavy (non-hydrogen) atoms. The van der Waals surface area contributed by atoms with Crippen molar-refractivity contribution < 1.29 is 9.84 Å². The lowest BCUT2D eigenvalue weighted by Gasteiger charge is -2.18. The van der Waals surface area contributed by atoms with Crippen molar-refractivity contribution in [2.24, 2.45) is 0 Å². The van der Waals surface area contributed by atoms with Crippen LogP contribution in [0.3, 0.4) is 0 Å². The van der Waals surface area contributed by atoms with Crippen molar-refractivity contribution in [2.75, 3.05) is 19.0 Å². The van der Waals surface area contributed by atoms with Gasteiger partial charge in [-0.1, -0.05) is 18.2 Å². The number of hydrogen-bond acceptors (Lipinski definition) is 4. The summed E-state index contributed by atoms with van der Waals surface area (Å²) in [5.41, 5.74) is 3.29. The van der Waals surface area contributed by atoms with Gasteiger partial charge in [-0.25, -0.2) is 4.68 Å². The monoisotopic (exact) mass is 303 g/mol. The number of methoxy groups -OCH3 is 1. The van der Waals surface area contributed by atoms with Gasteiger partial charge in [-0.15, -0.1) is 0 Å². The largest absolute Gasteiger partial charge is 0.496 e. The van der Waals surface area contributed by atoms with Gasteiger partial charge in [0.1, 0.15) is 11.6 Å². The molecule has 0 bridgehead atoms. The van der Waals surface area contributed by atoms with Gasteiger partial charge >= 0.3 is 0 Å². The molecule has 0 radical (unpaired) electrons. The Labute approximate surface area is 131 Å². The van der Waals surface area contributed by atoms with E-state index in [4.69, 9.17) is 4.74 Å². The zero-order chi connectivity index (χ0) is 16.1. The van der Waals surface area contributed by atoms with Crippen LogP contribution in [0, 0.1) is 13.8 Å². The molecule has 0 amide bonds. The van der Waals surface area contributed by atoms with E-state index in [2.05, 4.69) is 23.4 Å². The highest BCUT2D eigenvalue weighted by atomic mass is 16.5. The highest BCUT2D eigenvalue weighted by Crippen LogP contribution is 2.23. The van der Waals surface area contributed by atoms with Crippen LogP contribution in [0.25, 0.3) is 0 Å². The molecular weight excluding hydrogens is 278 g/mol. The first-order valence-electron chi connectivity index (χ1n) is 7.60. The van der Waals surface area contributed by atoms with Crippen LogP contribution in [-0.4, -0.2) is 34.6 Å². The van der Waals surface area contributed by atoms with E-state index in [-0.39, 0.29) is 12.6 Å². The van der Waals surface area contributed by atoms with Crippen LogP contribution in [0.15, 0.2) is 24.3 Å². The number of hydrogen-bond donors (Lipinski definition) is 2. The predicted molar refractivity (Wildman–Crippen MR) is 88.6 cm³/mol. The van der Waals surface area contributed by atoms with Crippen LogP contribution in [0.2, 0.25) is 0 Å². The summed E-state index contributed by atoms with van der Waals surface area (Å²) in [5.74, 6) is 1.89. The minimum absolute atomic E-state index is 0.0795. The Bertz CT molecular complexity index is 622. The average molecular weight is 303 g/mol. The third kappa shape index (κ3) is 3.60. The predicted octanol–water partition coefficient (Wildman–Crippen LogP) is 2.54. The molecular formula is C17H25N3O2. The fraction of sp³-hybridized carbons (Fsp3) is 0.471. The highest BCUT2D eigenvalue weighted by molar-refractivity contribution is 5.48. The number of anilines is 1. The zero-order valence-corrected chi connectivity index (χ0v) is 13.8. The SMILES string of the molecule is COc1ccccc1CC(C)Nc1c(C)c(C)nn1CCO. The molecule has 1 aromatic heterocycles. The quantitative estimate of drug-likeness (QED) is 0.825. The van der Waals surface area contributed by atoms with Crippen LogP contribution in [0.5, 0.6) is 5.75 Å². The lowest BCUT2D eigenvalue weighted by atomic mass is 10.1. The molecule has 0 fully saturated rings. The second-order valence-corrected chi connectivity index (χ2v) is 5.57. The van der Waals surface area contributed by atoms with Gasteiger partial charge in [0.2, 0.25) is 0 Å². The third-order valence-corrected chi connectivity index (χ3v) is 3.84. The molecule has 1 heterocycles. The molecule has 120 valence electrons. The second kappa shape index (κ2) is 7.31. The molecule has 1 atom stereocenters. The summed E-state index contributed by atoms with van der Waals surface area (Å²) in [6, 6.07) is 8.29. The van der Waals surface area contributed by atoms with Gasteiger partial charge in [0.05, 0.1) is 26.0 Å². The molecule has 5 nitrogen and oxygen atoms in total. The van der Waals surface area contributed by atoms with Gasteiger partial charge in [0.25, 0.3) is 0 Å². The molecule has 0 aliphatic carbocycles. The van der Waals surface area contributed by atoms with E-state index >= 15 is 0 Å². The Morgan fingerprint density at radius 1 is 1.32 bits per heavy atom. The maximum Gasteiger partial charge on any atom is 0.127 e. The van der Waals surface area contributed by atoms with Crippen LogP contribution in [0.4, 0.5) is 5.82 Å². The number of nitrogens with one attached hydrogen (secondary N) is 1.